The Morgan fingerprint density at radius 3 is 2.73 bits per heavy atom. The predicted molar refractivity (Wildman–Crippen MR) is 51.4 cm³/mol. The van der Waals surface area contributed by atoms with Crippen LogP contribution in [0.1, 0.15) is 16.2 Å². The highest BCUT2D eigenvalue weighted by atomic mass is 16.7. The normalized spacial score (nSPS) is 10.7. The van der Waals surface area contributed by atoms with Gasteiger partial charge in [-0.3, -0.25) is 4.79 Å². The predicted octanol–water partition coefficient (Wildman–Crippen LogP) is 0.332. The fraction of sp³-hybridized carbons (Fsp3) is 0.556. The maximum absolute atomic E-state index is 11.4. The Hall–Kier alpha value is -1.40. The fourth-order valence-electron chi connectivity index (χ4n) is 1.00. The standard InChI is InChI=1S/C9H14N2O4/c1-6-4-7(11-15-6)9(12)10-5-8(13-2)14-3/h4,8H,5H2,1-3H3,(H,10,12). The molecule has 1 amide bonds. The minimum absolute atomic E-state index is 0.249. The Labute approximate surface area is 87.5 Å². The maximum Gasteiger partial charge on any atom is 0.273 e. The Kier molecular flexibility index (Phi) is 4.26. The highest BCUT2D eigenvalue weighted by Crippen LogP contribution is 2.01. The van der Waals surface area contributed by atoms with E-state index in [1.807, 2.05) is 0 Å². The minimum atomic E-state index is -0.457. The molecule has 0 fully saturated rings. The van der Waals surface area contributed by atoms with Gasteiger partial charge in [-0.2, -0.15) is 0 Å². The van der Waals surface area contributed by atoms with Crippen LogP contribution in [0.5, 0.6) is 0 Å². The molecule has 84 valence electrons. The van der Waals surface area contributed by atoms with E-state index < -0.39 is 6.29 Å². The number of aromatic nitrogens is 1. The molecule has 0 atom stereocenters. The van der Waals surface area contributed by atoms with Crippen LogP contribution in [0.15, 0.2) is 10.6 Å². The number of methoxy groups -OCH3 is 2. The number of hydrogen-bond acceptors (Lipinski definition) is 5. The van der Waals surface area contributed by atoms with Gasteiger partial charge < -0.3 is 19.3 Å². The first-order chi connectivity index (χ1) is 7.17. The second-order valence-corrected chi connectivity index (χ2v) is 2.93. The molecular formula is C9H14N2O4. The van der Waals surface area contributed by atoms with Crippen molar-refractivity contribution in [2.24, 2.45) is 0 Å². The third-order valence-corrected chi connectivity index (χ3v) is 1.82. The molecule has 1 heterocycles. The summed E-state index contributed by atoms with van der Waals surface area (Å²) < 4.78 is 14.6. The summed E-state index contributed by atoms with van der Waals surface area (Å²) in [4.78, 5) is 11.4. The second-order valence-electron chi connectivity index (χ2n) is 2.93. The molecule has 6 nitrogen and oxygen atoms in total. The lowest BCUT2D eigenvalue weighted by Gasteiger charge is -2.12. The summed E-state index contributed by atoms with van der Waals surface area (Å²) >= 11 is 0. The first kappa shape index (κ1) is 11.7. The van der Waals surface area contributed by atoms with Gasteiger partial charge in [0.1, 0.15) is 5.76 Å². The van der Waals surface area contributed by atoms with E-state index >= 15 is 0 Å². The third-order valence-electron chi connectivity index (χ3n) is 1.82. The first-order valence-corrected chi connectivity index (χ1v) is 4.44. The Morgan fingerprint density at radius 2 is 2.27 bits per heavy atom. The van der Waals surface area contributed by atoms with Crippen LogP contribution in [-0.2, 0) is 9.47 Å². The average Bonchev–Trinajstić information content (AvgIpc) is 2.66. The van der Waals surface area contributed by atoms with E-state index in [1.165, 1.54) is 14.2 Å². The molecule has 1 aromatic rings. The van der Waals surface area contributed by atoms with Crippen molar-refractivity contribution in [2.75, 3.05) is 20.8 Å². The molecular weight excluding hydrogens is 200 g/mol. The molecule has 0 saturated carbocycles. The molecule has 1 N–H and O–H groups in total. The lowest BCUT2D eigenvalue weighted by molar-refractivity contribution is -0.0974. The average molecular weight is 214 g/mol. The van der Waals surface area contributed by atoms with Crippen LogP contribution >= 0.6 is 0 Å². The zero-order chi connectivity index (χ0) is 11.3. The molecule has 0 spiro atoms. The SMILES string of the molecule is COC(CNC(=O)c1cc(C)on1)OC. The van der Waals surface area contributed by atoms with Gasteiger partial charge in [0, 0.05) is 20.3 Å². The van der Waals surface area contributed by atoms with E-state index in [0.29, 0.717) is 5.76 Å². The molecule has 0 aromatic carbocycles. The minimum Gasteiger partial charge on any atom is -0.361 e. The van der Waals surface area contributed by atoms with Crippen LogP contribution in [0.25, 0.3) is 0 Å². The molecule has 6 heteroatoms. The molecule has 0 bridgehead atoms. The van der Waals surface area contributed by atoms with Gasteiger partial charge in [-0.05, 0) is 6.92 Å². The number of carbonyl (C=O) groups is 1. The molecule has 0 aliphatic heterocycles. The van der Waals surface area contributed by atoms with Crippen molar-refractivity contribution in [3.8, 4) is 0 Å². The number of carbonyl (C=O) groups excluding carboxylic acids is 1. The molecule has 15 heavy (non-hydrogen) atoms. The largest absolute Gasteiger partial charge is 0.361 e. The number of amides is 1. The third kappa shape index (κ3) is 3.34. The number of nitrogens with one attached hydrogen (secondary N) is 1. The summed E-state index contributed by atoms with van der Waals surface area (Å²) in [6.07, 6.45) is -0.457. The molecule has 0 aliphatic carbocycles. The van der Waals surface area contributed by atoms with Gasteiger partial charge in [0.15, 0.2) is 12.0 Å². The van der Waals surface area contributed by atoms with Crippen LogP contribution in [0.4, 0.5) is 0 Å². The van der Waals surface area contributed by atoms with E-state index in [0.717, 1.165) is 0 Å². The highest BCUT2D eigenvalue weighted by molar-refractivity contribution is 5.92. The van der Waals surface area contributed by atoms with Gasteiger partial charge in [0.25, 0.3) is 5.91 Å². The molecule has 0 radical (unpaired) electrons. The number of rotatable bonds is 5. The monoisotopic (exact) mass is 214 g/mol. The molecule has 0 aliphatic rings. The van der Waals surface area contributed by atoms with Crippen LogP contribution in [0, 0.1) is 6.92 Å². The summed E-state index contributed by atoms with van der Waals surface area (Å²) in [5.41, 5.74) is 0.249. The first-order valence-electron chi connectivity index (χ1n) is 4.44. The lowest BCUT2D eigenvalue weighted by Crippen LogP contribution is -2.34. The quantitative estimate of drug-likeness (QED) is 0.715. The van der Waals surface area contributed by atoms with Gasteiger partial charge in [0.2, 0.25) is 0 Å². The van der Waals surface area contributed by atoms with Crippen molar-refractivity contribution in [1.29, 1.82) is 0 Å². The van der Waals surface area contributed by atoms with Crippen LogP contribution < -0.4 is 5.32 Å². The molecule has 0 unspecified atom stereocenters. The molecule has 1 aromatic heterocycles. The highest BCUT2D eigenvalue weighted by Gasteiger charge is 2.12. The van der Waals surface area contributed by atoms with Crippen LogP contribution in [0.3, 0.4) is 0 Å². The Balaban J connectivity index is 2.42. The van der Waals surface area contributed by atoms with Crippen molar-refractivity contribution < 1.29 is 18.8 Å². The van der Waals surface area contributed by atoms with E-state index in [9.17, 15) is 4.79 Å². The number of nitrogens with zero attached hydrogens (tertiary/aromatic N) is 1. The second kappa shape index (κ2) is 5.47. The summed E-state index contributed by atoms with van der Waals surface area (Å²) in [5, 5.41) is 6.18. The van der Waals surface area contributed by atoms with Gasteiger partial charge in [-0.15, -0.1) is 0 Å². The van der Waals surface area contributed by atoms with E-state index in [1.54, 1.807) is 13.0 Å². The van der Waals surface area contributed by atoms with Crippen LogP contribution in [-0.4, -0.2) is 38.1 Å². The maximum atomic E-state index is 11.4. The molecule has 0 saturated heterocycles. The van der Waals surface area contributed by atoms with Crippen molar-refractivity contribution in [3.63, 3.8) is 0 Å². The lowest BCUT2D eigenvalue weighted by atomic mass is 10.3. The summed E-state index contributed by atoms with van der Waals surface area (Å²) in [6.45, 7) is 1.98. The smallest absolute Gasteiger partial charge is 0.273 e. The zero-order valence-corrected chi connectivity index (χ0v) is 8.94. The zero-order valence-electron chi connectivity index (χ0n) is 8.94. The number of aryl methyl sites for hydroxylation is 1. The molecule has 1 rings (SSSR count). The van der Waals surface area contributed by atoms with E-state index in [4.69, 9.17) is 14.0 Å². The van der Waals surface area contributed by atoms with E-state index in [-0.39, 0.29) is 18.1 Å². The van der Waals surface area contributed by atoms with Gasteiger partial charge in [-0.1, -0.05) is 5.16 Å². The summed E-state index contributed by atoms with van der Waals surface area (Å²) in [7, 11) is 3.00. The van der Waals surface area contributed by atoms with Gasteiger partial charge in [-0.25, -0.2) is 0 Å². The van der Waals surface area contributed by atoms with Crippen molar-refractivity contribution >= 4 is 5.91 Å². The van der Waals surface area contributed by atoms with Crippen molar-refractivity contribution in [2.45, 2.75) is 13.2 Å². The van der Waals surface area contributed by atoms with Gasteiger partial charge >= 0.3 is 0 Å². The van der Waals surface area contributed by atoms with Crippen molar-refractivity contribution in [3.05, 3.63) is 17.5 Å². The number of hydrogen-bond donors (Lipinski definition) is 1. The fourth-order valence-corrected chi connectivity index (χ4v) is 1.00. The van der Waals surface area contributed by atoms with Gasteiger partial charge in [0.05, 0.1) is 6.54 Å². The Morgan fingerprint density at radius 1 is 1.60 bits per heavy atom. The number of ether oxygens (including phenoxy) is 2. The van der Waals surface area contributed by atoms with E-state index in [2.05, 4.69) is 10.5 Å². The summed E-state index contributed by atoms with van der Waals surface area (Å²) in [5.74, 6) is 0.279. The van der Waals surface area contributed by atoms with Crippen LogP contribution in [0.2, 0.25) is 0 Å². The van der Waals surface area contributed by atoms with Crippen molar-refractivity contribution in [1.82, 2.24) is 10.5 Å². The summed E-state index contributed by atoms with van der Waals surface area (Å²) in [6, 6.07) is 1.56. The topological polar surface area (TPSA) is 73.6 Å². The Bertz CT molecular complexity index is 320.